The minimum Gasteiger partial charge on any atom is -0.308 e. The highest BCUT2D eigenvalue weighted by Gasteiger charge is 2.47. The van der Waals surface area contributed by atoms with Crippen molar-refractivity contribution >= 4 is 11.6 Å². The molecular weight excluding hydrogens is 234 g/mol. The molecule has 0 spiro atoms. The van der Waals surface area contributed by atoms with Crippen LogP contribution in [0.1, 0.15) is 58.3 Å². The zero-order valence-corrected chi connectivity index (χ0v) is 11.9. The molecule has 1 aliphatic carbocycles. The number of halogens is 1. The summed E-state index contributed by atoms with van der Waals surface area (Å²) in [5.41, 5.74) is 1.51. The lowest BCUT2D eigenvalue weighted by Gasteiger charge is -2.27. The summed E-state index contributed by atoms with van der Waals surface area (Å²) in [6.07, 6.45) is 4.31. The summed E-state index contributed by atoms with van der Waals surface area (Å²) in [5.74, 6) is 0. The van der Waals surface area contributed by atoms with E-state index in [4.69, 9.17) is 11.6 Å². The highest BCUT2D eigenvalue weighted by atomic mass is 35.5. The van der Waals surface area contributed by atoms with Gasteiger partial charge in [0.2, 0.25) is 0 Å². The molecule has 1 atom stereocenters. The Morgan fingerprint density at radius 3 is 2.65 bits per heavy atom. The Kier molecular flexibility index (Phi) is 3.50. The average Bonchev–Trinajstić information content (AvgIpc) is 2.88. The summed E-state index contributed by atoms with van der Waals surface area (Å²) < 4.78 is 2.05. The molecule has 2 rings (SSSR count). The van der Waals surface area contributed by atoms with Crippen LogP contribution in [-0.2, 0) is 0 Å². The van der Waals surface area contributed by atoms with Gasteiger partial charge in [0.15, 0.2) is 0 Å². The Hall–Kier alpha value is -0.540. The van der Waals surface area contributed by atoms with Gasteiger partial charge in [-0.05, 0) is 38.6 Å². The third-order valence-corrected chi connectivity index (χ3v) is 3.98. The monoisotopic (exact) mass is 255 g/mol. The molecule has 1 fully saturated rings. The highest BCUT2D eigenvalue weighted by Crippen LogP contribution is 2.55. The maximum Gasteiger partial charge on any atom is 0.0834 e. The minimum atomic E-state index is 0.324. The number of rotatable bonds is 5. The maximum absolute atomic E-state index is 6.33. The number of hydrogen-bond donors (Lipinski definition) is 1. The van der Waals surface area contributed by atoms with Gasteiger partial charge < -0.3 is 5.32 Å². The van der Waals surface area contributed by atoms with Gasteiger partial charge in [-0.25, -0.2) is 0 Å². The molecular formula is C13H22ClN3. The smallest absolute Gasteiger partial charge is 0.0834 e. The second kappa shape index (κ2) is 4.62. The van der Waals surface area contributed by atoms with Gasteiger partial charge in [-0.15, -0.1) is 0 Å². The Balaban J connectivity index is 2.38. The molecule has 17 heavy (non-hydrogen) atoms. The van der Waals surface area contributed by atoms with Gasteiger partial charge in [0, 0.05) is 6.04 Å². The van der Waals surface area contributed by atoms with Crippen LogP contribution in [0, 0.1) is 5.41 Å². The summed E-state index contributed by atoms with van der Waals surface area (Å²) in [6, 6.07) is 0.672. The van der Waals surface area contributed by atoms with Crippen molar-refractivity contribution in [2.45, 2.75) is 52.6 Å². The zero-order chi connectivity index (χ0) is 12.6. The summed E-state index contributed by atoms with van der Waals surface area (Å²) in [4.78, 5) is 0. The Labute approximate surface area is 109 Å². The van der Waals surface area contributed by atoms with E-state index in [0.717, 1.165) is 17.3 Å². The largest absolute Gasteiger partial charge is 0.308 e. The van der Waals surface area contributed by atoms with E-state index in [-0.39, 0.29) is 0 Å². The lowest BCUT2D eigenvalue weighted by Crippen LogP contribution is -2.30. The van der Waals surface area contributed by atoms with E-state index in [1.54, 1.807) is 6.20 Å². The minimum absolute atomic E-state index is 0.324. The lowest BCUT2D eigenvalue weighted by atomic mass is 9.95. The third kappa shape index (κ3) is 2.36. The molecule has 1 heterocycles. The van der Waals surface area contributed by atoms with Crippen LogP contribution in [0.3, 0.4) is 0 Å². The summed E-state index contributed by atoms with van der Waals surface area (Å²) >= 11 is 6.33. The second-order valence-corrected chi connectivity index (χ2v) is 5.97. The number of aromatic nitrogens is 2. The molecule has 96 valence electrons. The van der Waals surface area contributed by atoms with Crippen molar-refractivity contribution in [1.82, 2.24) is 15.1 Å². The van der Waals surface area contributed by atoms with Crippen LogP contribution in [0.25, 0.3) is 0 Å². The van der Waals surface area contributed by atoms with Crippen molar-refractivity contribution < 1.29 is 0 Å². The third-order valence-electron chi connectivity index (χ3n) is 3.69. The van der Waals surface area contributed by atoms with Crippen molar-refractivity contribution in [3.05, 3.63) is 16.9 Å². The van der Waals surface area contributed by atoms with E-state index in [0.29, 0.717) is 17.5 Å². The molecule has 0 aromatic carbocycles. The standard InChI is InChI=1S/C13H22ClN3/c1-5-15-12(13(4)6-7-13)11-10(14)8-16-17(11)9(2)3/h8-9,12,15H,5-7H2,1-4H3. The van der Waals surface area contributed by atoms with Crippen LogP contribution in [0.4, 0.5) is 0 Å². The number of nitrogens with zero attached hydrogens (tertiary/aromatic N) is 2. The normalized spacial score (nSPS) is 19.6. The fourth-order valence-corrected chi connectivity index (χ4v) is 2.63. The number of hydrogen-bond acceptors (Lipinski definition) is 2. The van der Waals surface area contributed by atoms with Crippen molar-refractivity contribution in [1.29, 1.82) is 0 Å². The van der Waals surface area contributed by atoms with Gasteiger partial charge in [-0.3, -0.25) is 4.68 Å². The molecule has 1 aliphatic rings. The first-order chi connectivity index (χ1) is 7.99. The molecule has 0 radical (unpaired) electrons. The number of nitrogens with one attached hydrogen (secondary N) is 1. The van der Waals surface area contributed by atoms with Crippen molar-refractivity contribution in [3.8, 4) is 0 Å². The Morgan fingerprint density at radius 1 is 1.53 bits per heavy atom. The summed E-state index contributed by atoms with van der Waals surface area (Å²) in [7, 11) is 0. The lowest BCUT2D eigenvalue weighted by molar-refractivity contribution is 0.340. The van der Waals surface area contributed by atoms with Crippen LogP contribution >= 0.6 is 11.6 Å². The first kappa shape index (κ1) is 12.9. The van der Waals surface area contributed by atoms with Crippen LogP contribution in [0.2, 0.25) is 5.02 Å². The fraction of sp³-hybridized carbons (Fsp3) is 0.769. The molecule has 0 amide bonds. The SMILES string of the molecule is CCNC(c1c(Cl)cnn1C(C)C)C1(C)CC1. The topological polar surface area (TPSA) is 29.9 Å². The Morgan fingerprint density at radius 2 is 2.18 bits per heavy atom. The fourth-order valence-electron chi connectivity index (χ4n) is 2.40. The van der Waals surface area contributed by atoms with Crippen molar-refractivity contribution in [2.24, 2.45) is 5.41 Å². The quantitative estimate of drug-likeness (QED) is 0.872. The molecule has 0 aliphatic heterocycles. The molecule has 4 heteroatoms. The molecule has 1 aromatic heterocycles. The molecule has 1 aromatic rings. The van der Waals surface area contributed by atoms with Crippen LogP contribution in [0.5, 0.6) is 0 Å². The first-order valence-corrected chi connectivity index (χ1v) is 6.83. The molecule has 1 N–H and O–H groups in total. The zero-order valence-electron chi connectivity index (χ0n) is 11.1. The van der Waals surface area contributed by atoms with E-state index in [2.05, 4.69) is 42.8 Å². The predicted octanol–water partition coefficient (Wildman–Crippen LogP) is 3.57. The second-order valence-electron chi connectivity index (χ2n) is 5.56. The predicted molar refractivity (Wildman–Crippen MR) is 71.4 cm³/mol. The van der Waals surface area contributed by atoms with E-state index >= 15 is 0 Å². The van der Waals surface area contributed by atoms with E-state index in [1.807, 2.05) is 0 Å². The van der Waals surface area contributed by atoms with Gasteiger partial charge in [-0.2, -0.15) is 5.10 Å². The van der Waals surface area contributed by atoms with Gasteiger partial charge in [0.25, 0.3) is 0 Å². The van der Waals surface area contributed by atoms with Gasteiger partial charge >= 0.3 is 0 Å². The van der Waals surface area contributed by atoms with E-state index < -0.39 is 0 Å². The van der Waals surface area contributed by atoms with Crippen molar-refractivity contribution in [2.75, 3.05) is 6.54 Å². The molecule has 3 nitrogen and oxygen atoms in total. The van der Waals surface area contributed by atoms with Crippen LogP contribution in [0.15, 0.2) is 6.20 Å². The molecule has 0 bridgehead atoms. The van der Waals surface area contributed by atoms with E-state index in [1.165, 1.54) is 12.8 Å². The summed E-state index contributed by atoms with van der Waals surface area (Å²) in [6.45, 7) is 9.72. The van der Waals surface area contributed by atoms with Crippen molar-refractivity contribution in [3.63, 3.8) is 0 Å². The van der Waals surface area contributed by atoms with Gasteiger partial charge in [-0.1, -0.05) is 25.4 Å². The molecule has 1 saturated carbocycles. The average molecular weight is 256 g/mol. The Bertz CT molecular complexity index is 393. The van der Waals surface area contributed by atoms with Crippen LogP contribution in [-0.4, -0.2) is 16.3 Å². The van der Waals surface area contributed by atoms with Gasteiger partial charge in [0.1, 0.15) is 0 Å². The first-order valence-electron chi connectivity index (χ1n) is 6.46. The van der Waals surface area contributed by atoms with Crippen LogP contribution < -0.4 is 5.32 Å². The molecule has 1 unspecified atom stereocenters. The van der Waals surface area contributed by atoms with E-state index in [9.17, 15) is 0 Å². The highest BCUT2D eigenvalue weighted by molar-refractivity contribution is 6.31. The van der Waals surface area contributed by atoms with Gasteiger partial charge in [0.05, 0.1) is 23.0 Å². The summed E-state index contributed by atoms with van der Waals surface area (Å²) in [5, 5.41) is 8.77. The molecule has 0 saturated heterocycles. The maximum atomic E-state index is 6.33.